The summed E-state index contributed by atoms with van der Waals surface area (Å²) < 4.78 is 2.09. The minimum atomic E-state index is -0.387. The van der Waals surface area contributed by atoms with Gasteiger partial charge < -0.3 is 24.7 Å². The van der Waals surface area contributed by atoms with E-state index in [9.17, 15) is 9.90 Å². The maximum Gasteiger partial charge on any atom is 0.325 e. The highest BCUT2D eigenvalue weighted by Crippen LogP contribution is 2.27. The Hall–Kier alpha value is -3.17. The maximum atomic E-state index is 11.3. The van der Waals surface area contributed by atoms with Crippen LogP contribution in [0.5, 0.6) is 5.75 Å². The Kier molecular flexibility index (Phi) is 6.57. The molecule has 0 amide bonds. The summed E-state index contributed by atoms with van der Waals surface area (Å²) in [5, 5.41) is 14.0. The van der Waals surface area contributed by atoms with E-state index in [4.69, 9.17) is 10.9 Å². The van der Waals surface area contributed by atoms with Gasteiger partial charge >= 0.3 is 5.97 Å². The number of nitrogens with one attached hydrogen (secondary N) is 1. The number of benzene rings is 1. The summed E-state index contributed by atoms with van der Waals surface area (Å²) in [6, 6.07) is 9.88. The Morgan fingerprint density at radius 3 is 2.75 bits per heavy atom. The van der Waals surface area contributed by atoms with Gasteiger partial charge in [0.2, 0.25) is 5.95 Å². The van der Waals surface area contributed by atoms with E-state index in [-0.39, 0.29) is 17.8 Å². The predicted octanol–water partition coefficient (Wildman–Crippen LogP) is 2.49. The average molecular weight is 439 g/mol. The van der Waals surface area contributed by atoms with Crippen molar-refractivity contribution in [2.75, 3.05) is 25.0 Å². The molecule has 4 N–H and O–H groups in total. The van der Waals surface area contributed by atoms with Gasteiger partial charge in [-0.15, -0.1) is 0 Å². The minimum Gasteiger partial charge on any atom is -0.506 e. The van der Waals surface area contributed by atoms with E-state index >= 15 is 0 Å². The lowest BCUT2D eigenvalue weighted by atomic mass is 10.1. The monoisotopic (exact) mass is 438 g/mol. The molecule has 1 aromatic carbocycles. The van der Waals surface area contributed by atoms with Gasteiger partial charge in [0.25, 0.3) is 0 Å². The van der Waals surface area contributed by atoms with Gasteiger partial charge in [0.15, 0.2) is 0 Å². The average Bonchev–Trinajstić information content (AvgIpc) is 3.14. The number of piperidine rings is 1. The third-order valence-electron chi connectivity index (χ3n) is 6.06. The molecule has 1 aliphatic rings. The largest absolute Gasteiger partial charge is 0.506 e. The summed E-state index contributed by atoms with van der Waals surface area (Å²) in [5.41, 5.74) is 4.54. The Balaban J connectivity index is 1.53. The van der Waals surface area contributed by atoms with Gasteiger partial charge in [0, 0.05) is 31.4 Å². The number of fused-ring (bicyclic) bond motifs is 1. The summed E-state index contributed by atoms with van der Waals surface area (Å²) in [4.78, 5) is 27.2. The second kappa shape index (κ2) is 9.54. The fraction of sp³-hybridized carbons (Fsp3) is 0.435. The number of carbonyl (C=O) groups excluding carboxylic acids is 1. The van der Waals surface area contributed by atoms with Gasteiger partial charge in [-0.25, -0.2) is 4.98 Å². The Bertz CT molecular complexity index is 1100. The molecular weight excluding hydrogens is 408 g/mol. The first-order chi connectivity index (χ1) is 15.4. The van der Waals surface area contributed by atoms with Crippen LogP contribution in [0.2, 0.25) is 0 Å². The van der Waals surface area contributed by atoms with Crippen LogP contribution in [0.15, 0.2) is 30.3 Å². The highest BCUT2D eigenvalue weighted by Gasteiger charge is 2.23. The van der Waals surface area contributed by atoms with E-state index in [0.29, 0.717) is 25.2 Å². The molecule has 0 spiro atoms. The number of aryl methyl sites for hydroxylation is 2. The van der Waals surface area contributed by atoms with E-state index in [1.165, 1.54) is 0 Å². The maximum absolute atomic E-state index is 11.3. The molecule has 0 atom stereocenters. The van der Waals surface area contributed by atoms with Crippen molar-refractivity contribution in [3.8, 4) is 5.75 Å². The topological polar surface area (TPSA) is 119 Å². The number of para-hydroxylation sites is 1. The fourth-order valence-electron chi connectivity index (χ4n) is 4.22. The number of hydrogen-bond donors (Lipinski definition) is 3. The second-order valence-electron chi connectivity index (χ2n) is 8.38. The molecule has 1 fully saturated rings. The number of aromatic hydroxyl groups is 1. The second-order valence-corrected chi connectivity index (χ2v) is 8.38. The van der Waals surface area contributed by atoms with Gasteiger partial charge in [-0.3, -0.25) is 9.78 Å². The van der Waals surface area contributed by atoms with E-state index in [2.05, 4.69) is 37.6 Å². The van der Waals surface area contributed by atoms with Crippen molar-refractivity contribution in [2.45, 2.75) is 45.7 Å². The molecule has 0 aliphatic carbocycles. The van der Waals surface area contributed by atoms with Gasteiger partial charge in [0.05, 0.1) is 24.0 Å². The zero-order chi connectivity index (χ0) is 22.7. The zero-order valence-corrected chi connectivity index (χ0v) is 18.5. The molecule has 170 valence electrons. The first-order valence-electron chi connectivity index (χ1n) is 10.9. The number of nitrogens with two attached hydrogens (primary N) is 1. The van der Waals surface area contributed by atoms with Gasteiger partial charge in [-0.05, 0) is 50.5 Å². The summed E-state index contributed by atoms with van der Waals surface area (Å²) in [6.07, 6.45) is 2.18. The molecule has 32 heavy (non-hydrogen) atoms. The van der Waals surface area contributed by atoms with Gasteiger partial charge in [0.1, 0.15) is 11.4 Å². The van der Waals surface area contributed by atoms with Crippen molar-refractivity contribution in [3.05, 3.63) is 47.3 Å². The summed E-state index contributed by atoms with van der Waals surface area (Å²) in [7, 11) is 0. The molecule has 0 unspecified atom stereocenters. The van der Waals surface area contributed by atoms with E-state index in [1.807, 2.05) is 19.1 Å². The fourth-order valence-corrected chi connectivity index (χ4v) is 4.22. The molecule has 1 saturated heterocycles. The lowest BCUT2D eigenvalue weighted by Gasteiger charge is -2.32. The van der Waals surface area contributed by atoms with Crippen LogP contribution in [0.25, 0.3) is 11.0 Å². The third-order valence-corrected chi connectivity index (χ3v) is 6.06. The lowest BCUT2D eigenvalue weighted by Crippen LogP contribution is -2.40. The van der Waals surface area contributed by atoms with Crippen molar-refractivity contribution in [1.29, 1.82) is 0 Å². The highest BCUT2D eigenvalue weighted by atomic mass is 16.7. The molecule has 9 heteroatoms. The van der Waals surface area contributed by atoms with Crippen LogP contribution >= 0.6 is 0 Å². The van der Waals surface area contributed by atoms with E-state index < -0.39 is 0 Å². The number of anilines is 1. The smallest absolute Gasteiger partial charge is 0.325 e. The Morgan fingerprint density at radius 1 is 1.22 bits per heavy atom. The van der Waals surface area contributed by atoms with Crippen molar-refractivity contribution >= 4 is 23.0 Å². The first kappa shape index (κ1) is 22.0. The van der Waals surface area contributed by atoms with Crippen LogP contribution < -0.4 is 11.2 Å². The first-order valence-corrected chi connectivity index (χ1v) is 10.9. The van der Waals surface area contributed by atoms with Crippen LogP contribution in [-0.2, 0) is 16.2 Å². The third kappa shape index (κ3) is 4.84. The summed E-state index contributed by atoms with van der Waals surface area (Å²) in [6.45, 7) is 6.81. The normalized spacial score (nSPS) is 15.2. The van der Waals surface area contributed by atoms with Gasteiger partial charge in [-0.2, -0.15) is 5.90 Å². The number of carbonyl (C=O) groups is 1. The number of likely N-dealkylation sites (tertiary alicyclic amines) is 1. The van der Waals surface area contributed by atoms with Crippen LogP contribution in [-0.4, -0.2) is 56.2 Å². The predicted molar refractivity (Wildman–Crippen MR) is 122 cm³/mol. The van der Waals surface area contributed by atoms with Crippen LogP contribution in [0.4, 0.5) is 5.95 Å². The van der Waals surface area contributed by atoms with Crippen LogP contribution in [0.3, 0.4) is 0 Å². The number of pyridine rings is 1. The molecule has 0 radical (unpaired) electrons. The zero-order valence-electron chi connectivity index (χ0n) is 18.5. The quantitative estimate of drug-likeness (QED) is 0.482. The molecule has 0 saturated carbocycles. The number of hydrogen-bond acceptors (Lipinski definition) is 8. The molecule has 1 aliphatic heterocycles. The van der Waals surface area contributed by atoms with Crippen LogP contribution in [0, 0.1) is 13.8 Å². The number of rotatable bonds is 7. The lowest BCUT2D eigenvalue weighted by molar-refractivity contribution is -0.144. The van der Waals surface area contributed by atoms with Crippen molar-refractivity contribution in [1.82, 2.24) is 19.4 Å². The standard InChI is InChI=1S/C23H30N6O3/c1-15-4-3-5-19-22(15)27-23(29(19)14-18-20(30)7-6-16(2)25-18)26-17-8-11-28(12-9-17)13-10-21(31)32-24/h3-7,17,30H,8-14,24H2,1-2H3,(H,26,27). The molecule has 3 heterocycles. The SMILES string of the molecule is Cc1ccc(O)c(Cn2c(NC3CCN(CCC(=O)ON)CC3)nc3c(C)cccc32)n1. The van der Waals surface area contributed by atoms with Crippen molar-refractivity contribution in [2.24, 2.45) is 5.90 Å². The Morgan fingerprint density at radius 2 is 2.00 bits per heavy atom. The molecule has 9 nitrogen and oxygen atoms in total. The molecule has 4 rings (SSSR count). The highest BCUT2D eigenvalue weighted by molar-refractivity contribution is 5.82. The molecule has 2 aromatic heterocycles. The number of imidazole rings is 1. The van der Waals surface area contributed by atoms with Crippen molar-refractivity contribution in [3.63, 3.8) is 0 Å². The van der Waals surface area contributed by atoms with E-state index in [0.717, 1.165) is 54.2 Å². The summed E-state index contributed by atoms with van der Waals surface area (Å²) >= 11 is 0. The van der Waals surface area contributed by atoms with Gasteiger partial charge in [-0.1, -0.05) is 12.1 Å². The number of aromatic nitrogens is 3. The number of nitrogens with zero attached hydrogens (tertiary/aromatic N) is 4. The minimum absolute atomic E-state index is 0.181. The van der Waals surface area contributed by atoms with Crippen molar-refractivity contribution < 1.29 is 14.7 Å². The molecule has 3 aromatic rings. The van der Waals surface area contributed by atoms with E-state index in [1.54, 1.807) is 12.1 Å². The summed E-state index contributed by atoms with van der Waals surface area (Å²) in [5.74, 6) is 5.49. The molecule has 0 bridgehead atoms. The molecular formula is C23H30N6O3. The Labute approximate surface area is 187 Å². The van der Waals surface area contributed by atoms with Crippen LogP contribution in [0.1, 0.15) is 36.2 Å².